The third-order valence-electron chi connectivity index (χ3n) is 4.67. The quantitative estimate of drug-likeness (QED) is 0.827. The number of nitrogen functional groups attached to an aromatic ring is 1. The summed E-state index contributed by atoms with van der Waals surface area (Å²) in [4.78, 5) is 14.5. The normalized spacial score (nSPS) is 13.2. The molecule has 1 aliphatic rings. The second kappa shape index (κ2) is 7.50. The second-order valence-electron chi connectivity index (χ2n) is 6.17. The Morgan fingerprint density at radius 3 is 2.88 bits per heavy atom. The molecule has 3 rings (SSSR count). The van der Waals surface area contributed by atoms with Gasteiger partial charge < -0.3 is 24.7 Å². The third kappa shape index (κ3) is 3.11. The largest absolute Gasteiger partial charge is 0.464 e. The van der Waals surface area contributed by atoms with Crippen LogP contribution >= 0.6 is 0 Å². The van der Waals surface area contributed by atoms with E-state index in [2.05, 4.69) is 11.0 Å². The summed E-state index contributed by atoms with van der Waals surface area (Å²) in [6.45, 7) is 2.40. The van der Waals surface area contributed by atoms with Crippen molar-refractivity contribution in [1.82, 2.24) is 4.57 Å². The van der Waals surface area contributed by atoms with Crippen molar-refractivity contribution in [1.29, 1.82) is 5.26 Å². The molecule has 1 aliphatic heterocycles. The number of nitriles is 1. The van der Waals surface area contributed by atoms with E-state index in [1.54, 1.807) is 17.9 Å². The van der Waals surface area contributed by atoms with Crippen molar-refractivity contribution in [2.75, 3.05) is 44.5 Å². The molecule has 1 aromatic heterocycles. The number of aryl methyl sites for hydroxylation is 1. The van der Waals surface area contributed by atoms with Crippen molar-refractivity contribution in [3.63, 3.8) is 0 Å². The first-order chi connectivity index (χ1) is 12.6. The van der Waals surface area contributed by atoms with Crippen molar-refractivity contribution in [2.24, 2.45) is 0 Å². The molecule has 2 heterocycles. The lowest BCUT2D eigenvalue weighted by Gasteiger charge is -2.31. The molecule has 0 atom stereocenters. The summed E-state index contributed by atoms with van der Waals surface area (Å²) in [5.74, 6) is -0.571. The Labute approximate surface area is 152 Å². The number of fused-ring (bicyclic) bond motifs is 1. The van der Waals surface area contributed by atoms with E-state index in [0.717, 1.165) is 37.3 Å². The second-order valence-corrected chi connectivity index (χ2v) is 6.17. The summed E-state index contributed by atoms with van der Waals surface area (Å²) in [6.07, 6.45) is 3.68. The third-order valence-corrected chi connectivity index (χ3v) is 4.67. The van der Waals surface area contributed by atoms with Gasteiger partial charge in [-0.2, -0.15) is 5.26 Å². The number of aromatic nitrogens is 1. The smallest absolute Gasteiger partial charge is 0.357 e. The molecule has 0 bridgehead atoms. The number of carbonyl (C=O) groups excluding carboxylic acids is 1. The summed E-state index contributed by atoms with van der Waals surface area (Å²) in [5.41, 5.74) is 9.68. The highest BCUT2D eigenvalue weighted by Crippen LogP contribution is 2.32. The van der Waals surface area contributed by atoms with Gasteiger partial charge in [0, 0.05) is 37.8 Å². The molecule has 7 heteroatoms. The zero-order chi connectivity index (χ0) is 18.7. The molecule has 0 saturated heterocycles. The van der Waals surface area contributed by atoms with E-state index in [4.69, 9.17) is 15.2 Å². The number of benzene rings is 1. The van der Waals surface area contributed by atoms with E-state index in [9.17, 15) is 10.1 Å². The number of rotatable bonds is 5. The summed E-state index contributed by atoms with van der Waals surface area (Å²) in [7, 11) is 2.99. The standard InChI is InChI=1S/C19H22N4O3/c1-25-9-8-22-7-3-4-13-5-6-15(10-16(13)22)23-12-14(11-20)17(21)18(23)19(24)26-2/h5-6,10,12H,3-4,7-9,21H2,1-2H3. The molecule has 0 amide bonds. The molecule has 2 aromatic rings. The van der Waals surface area contributed by atoms with Gasteiger partial charge in [0.05, 0.1) is 25.0 Å². The minimum atomic E-state index is -0.571. The average molecular weight is 354 g/mol. The van der Waals surface area contributed by atoms with Crippen LogP contribution in [-0.2, 0) is 15.9 Å². The number of nitrogens with two attached hydrogens (primary N) is 1. The number of carbonyl (C=O) groups is 1. The predicted molar refractivity (Wildman–Crippen MR) is 98.6 cm³/mol. The van der Waals surface area contributed by atoms with E-state index in [1.807, 2.05) is 18.2 Å². The molecule has 0 radical (unpaired) electrons. The molecule has 7 nitrogen and oxygen atoms in total. The van der Waals surface area contributed by atoms with E-state index >= 15 is 0 Å². The van der Waals surface area contributed by atoms with Crippen LogP contribution in [0.5, 0.6) is 0 Å². The molecule has 2 N–H and O–H groups in total. The maximum Gasteiger partial charge on any atom is 0.357 e. The van der Waals surface area contributed by atoms with Crippen LogP contribution in [0.15, 0.2) is 24.4 Å². The van der Waals surface area contributed by atoms with E-state index in [-0.39, 0.29) is 16.9 Å². The van der Waals surface area contributed by atoms with Crippen LogP contribution in [0, 0.1) is 11.3 Å². The van der Waals surface area contributed by atoms with Crippen molar-refractivity contribution in [2.45, 2.75) is 12.8 Å². The highest BCUT2D eigenvalue weighted by atomic mass is 16.5. The first-order valence-corrected chi connectivity index (χ1v) is 8.47. The van der Waals surface area contributed by atoms with Crippen LogP contribution < -0.4 is 10.6 Å². The van der Waals surface area contributed by atoms with Crippen molar-refractivity contribution >= 4 is 17.3 Å². The number of methoxy groups -OCH3 is 2. The molecule has 0 fully saturated rings. The summed E-state index contributed by atoms with van der Waals surface area (Å²) in [6, 6.07) is 8.05. The van der Waals surface area contributed by atoms with Gasteiger partial charge >= 0.3 is 5.97 Å². The minimum absolute atomic E-state index is 0.133. The molecular formula is C19H22N4O3. The van der Waals surface area contributed by atoms with Crippen LogP contribution in [0.3, 0.4) is 0 Å². The van der Waals surface area contributed by atoms with Crippen LogP contribution in [0.2, 0.25) is 0 Å². The molecule has 0 unspecified atom stereocenters. The van der Waals surface area contributed by atoms with Gasteiger partial charge in [-0.15, -0.1) is 0 Å². The van der Waals surface area contributed by atoms with Gasteiger partial charge in [-0.1, -0.05) is 6.07 Å². The maximum absolute atomic E-state index is 12.2. The van der Waals surface area contributed by atoms with Crippen LogP contribution in [0.25, 0.3) is 5.69 Å². The monoisotopic (exact) mass is 354 g/mol. The van der Waals surface area contributed by atoms with Gasteiger partial charge in [0.25, 0.3) is 0 Å². The molecule has 0 saturated carbocycles. The Balaban J connectivity index is 2.09. The highest BCUT2D eigenvalue weighted by molar-refractivity contribution is 5.96. The predicted octanol–water partition coefficient (Wildman–Crippen LogP) is 2.12. The number of hydrogen-bond acceptors (Lipinski definition) is 6. The molecule has 136 valence electrons. The number of hydrogen-bond donors (Lipinski definition) is 1. The molecular weight excluding hydrogens is 332 g/mol. The van der Waals surface area contributed by atoms with Gasteiger partial charge in [0.15, 0.2) is 5.69 Å². The first-order valence-electron chi connectivity index (χ1n) is 8.47. The summed E-state index contributed by atoms with van der Waals surface area (Å²) in [5, 5.41) is 9.27. The Morgan fingerprint density at radius 2 is 2.19 bits per heavy atom. The van der Waals surface area contributed by atoms with E-state index in [0.29, 0.717) is 6.61 Å². The zero-order valence-corrected chi connectivity index (χ0v) is 15.0. The Morgan fingerprint density at radius 1 is 1.38 bits per heavy atom. The molecule has 0 spiro atoms. The minimum Gasteiger partial charge on any atom is -0.464 e. The van der Waals surface area contributed by atoms with Crippen molar-refractivity contribution in [3.05, 3.63) is 41.2 Å². The van der Waals surface area contributed by atoms with Crippen LogP contribution in [0.1, 0.15) is 28.0 Å². The SMILES string of the molecule is COCCN1CCCc2ccc(-n3cc(C#N)c(N)c3C(=O)OC)cc21. The van der Waals surface area contributed by atoms with Gasteiger partial charge in [0.2, 0.25) is 0 Å². The fourth-order valence-corrected chi connectivity index (χ4v) is 3.34. The van der Waals surface area contributed by atoms with Crippen molar-refractivity contribution < 1.29 is 14.3 Å². The summed E-state index contributed by atoms with van der Waals surface area (Å²) < 4.78 is 11.7. The lowest BCUT2D eigenvalue weighted by Crippen LogP contribution is -2.32. The Bertz CT molecular complexity index is 866. The van der Waals surface area contributed by atoms with E-state index < -0.39 is 5.97 Å². The highest BCUT2D eigenvalue weighted by Gasteiger charge is 2.23. The average Bonchev–Trinajstić information content (AvgIpc) is 3.01. The Hall–Kier alpha value is -2.98. The molecule has 26 heavy (non-hydrogen) atoms. The fraction of sp³-hybridized carbons (Fsp3) is 0.368. The van der Waals surface area contributed by atoms with Gasteiger partial charge in [-0.25, -0.2) is 4.79 Å². The lowest BCUT2D eigenvalue weighted by atomic mass is 10.0. The number of anilines is 2. The van der Waals surface area contributed by atoms with Gasteiger partial charge in [-0.05, 0) is 30.5 Å². The zero-order valence-electron chi connectivity index (χ0n) is 15.0. The van der Waals surface area contributed by atoms with E-state index in [1.165, 1.54) is 12.7 Å². The van der Waals surface area contributed by atoms with Crippen LogP contribution in [0.4, 0.5) is 11.4 Å². The number of ether oxygens (including phenoxy) is 2. The Kier molecular flexibility index (Phi) is 5.14. The van der Waals surface area contributed by atoms with Gasteiger partial charge in [0.1, 0.15) is 6.07 Å². The topological polar surface area (TPSA) is 93.5 Å². The van der Waals surface area contributed by atoms with Gasteiger partial charge in [-0.3, -0.25) is 0 Å². The lowest BCUT2D eigenvalue weighted by molar-refractivity contribution is 0.0593. The first kappa shape index (κ1) is 17.8. The number of esters is 1. The van der Waals surface area contributed by atoms with Crippen molar-refractivity contribution in [3.8, 4) is 11.8 Å². The molecule has 0 aliphatic carbocycles. The van der Waals surface area contributed by atoms with Crippen LogP contribution in [-0.4, -0.2) is 44.5 Å². The maximum atomic E-state index is 12.2. The summed E-state index contributed by atoms with van der Waals surface area (Å²) >= 11 is 0. The number of nitrogens with zero attached hydrogens (tertiary/aromatic N) is 3. The fourth-order valence-electron chi connectivity index (χ4n) is 3.34. The molecule has 1 aromatic carbocycles.